The van der Waals surface area contributed by atoms with Crippen molar-refractivity contribution in [2.45, 2.75) is 13.0 Å². The fourth-order valence-corrected chi connectivity index (χ4v) is 2.00. The number of amides is 2. The van der Waals surface area contributed by atoms with Crippen LogP contribution in [0.4, 0.5) is 9.18 Å². The summed E-state index contributed by atoms with van der Waals surface area (Å²) in [5.41, 5.74) is 7.74. The van der Waals surface area contributed by atoms with E-state index in [1.165, 1.54) is 12.1 Å². The Hall–Kier alpha value is -2.66. The van der Waals surface area contributed by atoms with Gasteiger partial charge in [-0.05, 0) is 41.8 Å². The Bertz CT molecular complexity index is 683. The van der Waals surface area contributed by atoms with E-state index in [0.29, 0.717) is 5.06 Å². The number of rotatable bonds is 4. The number of nitrogens with zero attached hydrogens (tertiary/aromatic N) is 1. The van der Waals surface area contributed by atoms with Gasteiger partial charge >= 0.3 is 6.03 Å². The zero-order valence-corrected chi connectivity index (χ0v) is 12.1. The van der Waals surface area contributed by atoms with Gasteiger partial charge in [0.05, 0.1) is 6.04 Å². The monoisotopic (exact) mass is 300 g/mol. The van der Waals surface area contributed by atoms with Crippen molar-refractivity contribution in [2.24, 2.45) is 5.73 Å². The van der Waals surface area contributed by atoms with Crippen LogP contribution in [0.15, 0.2) is 54.6 Å². The highest BCUT2D eigenvalue weighted by molar-refractivity contribution is 5.71. The molecule has 0 heterocycles. The van der Waals surface area contributed by atoms with Crippen LogP contribution < -0.4 is 5.73 Å². The Morgan fingerprint density at radius 1 is 1.23 bits per heavy atom. The molecule has 1 atom stereocenters. The van der Waals surface area contributed by atoms with Crippen LogP contribution in [0.1, 0.15) is 12.5 Å². The van der Waals surface area contributed by atoms with Crippen molar-refractivity contribution in [1.29, 1.82) is 0 Å². The van der Waals surface area contributed by atoms with Crippen LogP contribution in [0.25, 0.3) is 17.2 Å². The number of hydrogen-bond donors (Lipinski definition) is 2. The van der Waals surface area contributed by atoms with E-state index in [0.717, 1.165) is 16.7 Å². The molecule has 0 spiro atoms. The number of benzene rings is 2. The third kappa shape index (κ3) is 3.93. The van der Waals surface area contributed by atoms with Crippen LogP contribution >= 0.6 is 0 Å². The predicted molar refractivity (Wildman–Crippen MR) is 83.5 cm³/mol. The van der Waals surface area contributed by atoms with E-state index in [4.69, 9.17) is 5.73 Å². The molecule has 0 aliphatic heterocycles. The van der Waals surface area contributed by atoms with Gasteiger partial charge in [0.25, 0.3) is 0 Å². The van der Waals surface area contributed by atoms with Crippen molar-refractivity contribution in [2.75, 3.05) is 0 Å². The Kier molecular flexibility index (Phi) is 4.91. The molecule has 0 unspecified atom stereocenters. The van der Waals surface area contributed by atoms with Crippen LogP contribution in [0.3, 0.4) is 0 Å². The number of carbonyl (C=O) groups is 1. The van der Waals surface area contributed by atoms with Gasteiger partial charge in [-0.15, -0.1) is 0 Å². The maximum Gasteiger partial charge on any atom is 0.339 e. The zero-order chi connectivity index (χ0) is 16.1. The number of urea groups is 1. The van der Waals surface area contributed by atoms with Gasteiger partial charge < -0.3 is 5.73 Å². The Labute approximate surface area is 128 Å². The van der Waals surface area contributed by atoms with Gasteiger partial charge in [0.1, 0.15) is 5.82 Å². The average Bonchev–Trinajstić information content (AvgIpc) is 2.52. The fourth-order valence-electron chi connectivity index (χ4n) is 2.00. The summed E-state index contributed by atoms with van der Waals surface area (Å²) in [4.78, 5) is 10.9. The highest BCUT2D eigenvalue weighted by Gasteiger charge is 2.11. The molecule has 5 heteroatoms. The van der Waals surface area contributed by atoms with Crippen LogP contribution in [0.5, 0.6) is 0 Å². The van der Waals surface area contributed by atoms with Gasteiger partial charge in [-0.2, -0.15) is 5.06 Å². The van der Waals surface area contributed by atoms with Crippen molar-refractivity contribution < 1.29 is 14.4 Å². The van der Waals surface area contributed by atoms with Crippen molar-refractivity contribution >= 4 is 12.1 Å². The highest BCUT2D eigenvalue weighted by Crippen LogP contribution is 2.21. The molecule has 0 radical (unpaired) electrons. The summed E-state index contributed by atoms with van der Waals surface area (Å²) in [5, 5.41) is 9.86. The molecule has 4 nitrogen and oxygen atoms in total. The van der Waals surface area contributed by atoms with Crippen molar-refractivity contribution in [3.63, 3.8) is 0 Å². The van der Waals surface area contributed by atoms with Gasteiger partial charge in [0, 0.05) is 0 Å². The zero-order valence-electron chi connectivity index (χ0n) is 12.1. The Morgan fingerprint density at radius 2 is 1.91 bits per heavy atom. The molecule has 2 aromatic rings. The minimum absolute atomic E-state index is 0.275. The van der Waals surface area contributed by atoms with Crippen molar-refractivity contribution in [3.05, 3.63) is 66.0 Å². The molecule has 0 aromatic heterocycles. The maximum absolute atomic E-state index is 13.0. The Balaban J connectivity index is 2.18. The molecule has 0 bridgehead atoms. The average molecular weight is 300 g/mol. The molecule has 2 amide bonds. The topological polar surface area (TPSA) is 66.6 Å². The molecule has 2 rings (SSSR count). The number of carbonyl (C=O) groups excluding carboxylic acids is 1. The van der Waals surface area contributed by atoms with E-state index < -0.39 is 12.1 Å². The smallest absolute Gasteiger partial charge is 0.339 e. The lowest BCUT2D eigenvalue weighted by Gasteiger charge is -2.16. The maximum atomic E-state index is 13.0. The lowest BCUT2D eigenvalue weighted by molar-refractivity contribution is -0.0560. The summed E-state index contributed by atoms with van der Waals surface area (Å²) in [6, 6.07) is 12.4. The molecule has 0 aliphatic rings. The van der Waals surface area contributed by atoms with Gasteiger partial charge in [-0.1, -0.05) is 42.5 Å². The number of hydrogen-bond acceptors (Lipinski definition) is 2. The summed E-state index contributed by atoms with van der Waals surface area (Å²) in [6.07, 6.45) is 3.44. The van der Waals surface area contributed by atoms with Crippen LogP contribution in [0.2, 0.25) is 0 Å². The second kappa shape index (κ2) is 6.87. The van der Waals surface area contributed by atoms with Gasteiger partial charge in [0.15, 0.2) is 0 Å². The number of halogens is 1. The van der Waals surface area contributed by atoms with Crippen LogP contribution in [-0.4, -0.2) is 22.3 Å². The summed E-state index contributed by atoms with van der Waals surface area (Å²) < 4.78 is 13.0. The largest absolute Gasteiger partial charge is 0.350 e. The quantitative estimate of drug-likeness (QED) is 0.668. The molecule has 0 fully saturated rings. The SMILES string of the molecule is C[C@@H](C=Cc1cccc(-c2ccc(F)cc2)c1)N(O)C(N)=O. The molecule has 114 valence electrons. The van der Waals surface area contributed by atoms with Gasteiger partial charge in [-0.25, -0.2) is 9.18 Å². The van der Waals surface area contributed by atoms with Crippen molar-refractivity contribution in [3.8, 4) is 11.1 Å². The second-order valence-corrected chi connectivity index (χ2v) is 4.91. The van der Waals surface area contributed by atoms with Crippen LogP contribution in [0, 0.1) is 5.82 Å². The highest BCUT2D eigenvalue weighted by atomic mass is 19.1. The molecular formula is C17H17FN2O2. The van der Waals surface area contributed by atoms with Gasteiger partial charge in [-0.3, -0.25) is 5.21 Å². The van der Waals surface area contributed by atoms with Gasteiger partial charge in [0.2, 0.25) is 0 Å². The standard InChI is InChI=1S/C17H17FN2O2/c1-12(20(22)17(19)21)5-6-13-3-2-4-15(11-13)14-7-9-16(18)10-8-14/h2-12,22H,1H3,(H2,19,21)/t12-/m0/s1. The summed E-state index contributed by atoms with van der Waals surface area (Å²) >= 11 is 0. The first-order chi connectivity index (χ1) is 10.5. The lowest BCUT2D eigenvalue weighted by atomic mass is 10.0. The lowest BCUT2D eigenvalue weighted by Crippen LogP contribution is -2.38. The van der Waals surface area contributed by atoms with E-state index >= 15 is 0 Å². The first kappa shape index (κ1) is 15.7. The third-order valence-corrected chi connectivity index (χ3v) is 3.24. The van der Waals surface area contributed by atoms with E-state index in [1.807, 2.05) is 24.3 Å². The second-order valence-electron chi connectivity index (χ2n) is 4.91. The minimum Gasteiger partial charge on any atom is -0.350 e. The molecule has 0 aliphatic carbocycles. The predicted octanol–water partition coefficient (Wildman–Crippen LogP) is 3.66. The summed E-state index contributed by atoms with van der Waals surface area (Å²) in [7, 11) is 0. The van der Waals surface area contributed by atoms with E-state index in [-0.39, 0.29) is 5.82 Å². The third-order valence-electron chi connectivity index (χ3n) is 3.24. The van der Waals surface area contributed by atoms with Crippen molar-refractivity contribution in [1.82, 2.24) is 5.06 Å². The summed E-state index contributed by atoms with van der Waals surface area (Å²) in [6.45, 7) is 1.64. The van der Waals surface area contributed by atoms with E-state index in [9.17, 15) is 14.4 Å². The molecular weight excluding hydrogens is 283 g/mol. The normalized spacial score (nSPS) is 12.3. The van der Waals surface area contributed by atoms with Crippen LogP contribution in [-0.2, 0) is 0 Å². The van der Waals surface area contributed by atoms with E-state index in [2.05, 4.69) is 0 Å². The first-order valence-electron chi connectivity index (χ1n) is 6.79. The molecule has 22 heavy (non-hydrogen) atoms. The molecule has 0 saturated carbocycles. The molecule has 0 saturated heterocycles. The molecule has 2 aromatic carbocycles. The first-order valence-corrected chi connectivity index (χ1v) is 6.79. The minimum atomic E-state index is -0.905. The summed E-state index contributed by atoms with van der Waals surface area (Å²) in [5.74, 6) is -0.275. The number of nitrogens with two attached hydrogens (primary N) is 1. The Morgan fingerprint density at radius 3 is 2.55 bits per heavy atom. The molecule has 3 N–H and O–H groups in total. The number of hydroxylamine groups is 2. The number of primary amides is 1. The fraction of sp³-hybridized carbons (Fsp3) is 0.118. The van der Waals surface area contributed by atoms with E-state index in [1.54, 1.807) is 31.2 Å².